The molecular weight excluding hydrogens is 230 g/mol. The van der Waals surface area contributed by atoms with Crippen molar-refractivity contribution in [2.75, 3.05) is 19.7 Å². The van der Waals surface area contributed by atoms with Gasteiger partial charge in [-0.15, -0.1) is 0 Å². The van der Waals surface area contributed by atoms with E-state index in [0.717, 1.165) is 44.8 Å². The lowest BCUT2D eigenvalue weighted by molar-refractivity contribution is -0.139. The third-order valence-electron chi connectivity index (χ3n) is 4.30. The molecule has 2 fully saturated rings. The third-order valence-corrected chi connectivity index (χ3v) is 4.30. The quantitative estimate of drug-likeness (QED) is 0.817. The Balaban J connectivity index is 1.88. The molecule has 4 nitrogen and oxygen atoms in total. The summed E-state index contributed by atoms with van der Waals surface area (Å²) in [6.45, 7) is 4.09. The SMILES string of the molecule is CC1CCC(N(CC(=O)O)CC2CCCO2)CC1. The summed E-state index contributed by atoms with van der Waals surface area (Å²) in [4.78, 5) is 13.2. The minimum Gasteiger partial charge on any atom is -0.480 e. The molecule has 0 aromatic heterocycles. The van der Waals surface area contributed by atoms with Gasteiger partial charge >= 0.3 is 5.97 Å². The van der Waals surface area contributed by atoms with Crippen LogP contribution >= 0.6 is 0 Å². The second-order valence-electron chi connectivity index (χ2n) is 5.87. The van der Waals surface area contributed by atoms with Crippen LogP contribution in [0.25, 0.3) is 0 Å². The molecule has 1 saturated carbocycles. The number of nitrogens with zero attached hydrogens (tertiary/aromatic N) is 1. The first-order valence-electron chi connectivity index (χ1n) is 7.22. The van der Waals surface area contributed by atoms with E-state index >= 15 is 0 Å². The Labute approximate surface area is 109 Å². The molecular formula is C14H25NO3. The summed E-state index contributed by atoms with van der Waals surface area (Å²) in [7, 11) is 0. The lowest BCUT2D eigenvalue weighted by Crippen LogP contribution is -2.44. The van der Waals surface area contributed by atoms with E-state index in [4.69, 9.17) is 9.84 Å². The molecule has 1 atom stereocenters. The van der Waals surface area contributed by atoms with Crippen molar-refractivity contribution in [3.8, 4) is 0 Å². The molecule has 18 heavy (non-hydrogen) atoms. The Morgan fingerprint density at radius 3 is 2.56 bits per heavy atom. The van der Waals surface area contributed by atoms with Crippen LogP contribution in [0.5, 0.6) is 0 Å². The van der Waals surface area contributed by atoms with Crippen LogP contribution in [0.1, 0.15) is 45.4 Å². The zero-order valence-corrected chi connectivity index (χ0v) is 11.3. The zero-order chi connectivity index (χ0) is 13.0. The lowest BCUT2D eigenvalue weighted by Gasteiger charge is -2.36. The van der Waals surface area contributed by atoms with Gasteiger partial charge in [0.05, 0.1) is 12.6 Å². The van der Waals surface area contributed by atoms with Gasteiger partial charge in [-0.05, 0) is 44.4 Å². The molecule has 2 aliphatic rings. The van der Waals surface area contributed by atoms with E-state index in [-0.39, 0.29) is 12.6 Å². The molecule has 1 aliphatic carbocycles. The topological polar surface area (TPSA) is 49.8 Å². The Hall–Kier alpha value is -0.610. The molecule has 1 saturated heterocycles. The van der Waals surface area contributed by atoms with Crippen LogP contribution in [0.15, 0.2) is 0 Å². The Kier molecular flexibility index (Phi) is 5.01. The van der Waals surface area contributed by atoms with Gasteiger partial charge in [0.25, 0.3) is 0 Å². The molecule has 0 aromatic carbocycles. The molecule has 0 spiro atoms. The minimum absolute atomic E-state index is 0.166. The second kappa shape index (κ2) is 6.53. The predicted octanol–water partition coefficient (Wildman–Crippen LogP) is 2.13. The van der Waals surface area contributed by atoms with E-state index in [1.165, 1.54) is 12.8 Å². The van der Waals surface area contributed by atoms with Crippen molar-refractivity contribution in [3.05, 3.63) is 0 Å². The number of rotatable bonds is 5. The first-order chi connectivity index (χ1) is 8.65. The number of carboxylic acid groups (broad SMARTS) is 1. The van der Waals surface area contributed by atoms with E-state index in [2.05, 4.69) is 11.8 Å². The fraction of sp³-hybridized carbons (Fsp3) is 0.929. The van der Waals surface area contributed by atoms with Gasteiger partial charge in [0, 0.05) is 19.2 Å². The van der Waals surface area contributed by atoms with Crippen molar-refractivity contribution in [2.45, 2.75) is 57.6 Å². The number of hydrogen-bond acceptors (Lipinski definition) is 3. The van der Waals surface area contributed by atoms with Gasteiger partial charge in [-0.3, -0.25) is 9.69 Å². The van der Waals surface area contributed by atoms with Gasteiger partial charge in [0.2, 0.25) is 0 Å². The van der Waals surface area contributed by atoms with Crippen LogP contribution in [0.2, 0.25) is 0 Å². The average Bonchev–Trinajstić information content (AvgIpc) is 2.81. The highest BCUT2D eigenvalue weighted by molar-refractivity contribution is 5.69. The molecule has 2 rings (SSSR count). The summed E-state index contributed by atoms with van der Waals surface area (Å²) in [5, 5.41) is 9.06. The Bertz CT molecular complexity index is 268. The number of hydrogen-bond donors (Lipinski definition) is 1. The summed E-state index contributed by atoms with van der Waals surface area (Å²) in [5.74, 6) is 0.0854. The summed E-state index contributed by atoms with van der Waals surface area (Å²) in [6.07, 6.45) is 7.19. The molecule has 4 heteroatoms. The molecule has 0 bridgehead atoms. The highest BCUT2D eigenvalue weighted by Crippen LogP contribution is 2.28. The standard InChI is InChI=1S/C14H25NO3/c1-11-4-6-12(7-5-11)15(10-14(16)17)9-13-3-2-8-18-13/h11-13H,2-10H2,1H3,(H,16,17). The van der Waals surface area contributed by atoms with E-state index in [1.54, 1.807) is 0 Å². The number of ether oxygens (including phenoxy) is 1. The summed E-state index contributed by atoms with van der Waals surface area (Å²) in [6, 6.07) is 0.446. The molecule has 1 aliphatic heterocycles. The smallest absolute Gasteiger partial charge is 0.317 e. The molecule has 1 N–H and O–H groups in total. The summed E-state index contributed by atoms with van der Waals surface area (Å²) < 4.78 is 5.64. The minimum atomic E-state index is -0.716. The van der Waals surface area contributed by atoms with Gasteiger partial charge in [0.1, 0.15) is 0 Å². The van der Waals surface area contributed by atoms with E-state index in [9.17, 15) is 4.79 Å². The fourth-order valence-electron chi connectivity index (χ4n) is 3.17. The van der Waals surface area contributed by atoms with Gasteiger partial charge in [0.15, 0.2) is 0 Å². The predicted molar refractivity (Wildman–Crippen MR) is 69.6 cm³/mol. The van der Waals surface area contributed by atoms with Crippen molar-refractivity contribution < 1.29 is 14.6 Å². The molecule has 104 valence electrons. The maximum absolute atomic E-state index is 11.0. The first-order valence-corrected chi connectivity index (χ1v) is 7.22. The molecule has 0 aromatic rings. The van der Waals surface area contributed by atoms with Crippen molar-refractivity contribution in [2.24, 2.45) is 5.92 Å². The highest BCUT2D eigenvalue weighted by atomic mass is 16.5. The third kappa shape index (κ3) is 3.95. The van der Waals surface area contributed by atoms with Crippen LogP contribution in [0.3, 0.4) is 0 Å². The van der Waals surface area contributed by atoms with Crippen molar-refractivity contribution in [3.63, 3.8) is 0 Å². The first kappa shape index (κ1) is 13.8. The maximum atomic E-state index is 11.0. The number of aliphatic carboxylic acids is 1. The highest BCUT2D eigenvalue weighted by Gasteiger charge is 2.28. The molecule has 1 heterocycles. The lowest BCUT2D eigenvalue weighted by atomic mass is 9.86. The van der Waals surface area contributed by atoms with Gasteiger partial charge in [-0.1, -0.05) is 6.92 Å². The van der Waals surface area contributed by atoms with Crippen LogP contribution in [0, 0.1) is 5.92 Å². The normalized spacial score (nSPS) is 32.9. The van der Waals surface area contributed by atoms with Crippen molar-refractivity contribution >= 4 is 5.97 Å². The van der Waals surface area contributed by atoms with Crippen molar-refractivity contribution in [1.82, 2.24) is 4.90 Å². The monoisotopic (exact) mass is 255 g/mol. The van der Waals surface area contributed by atoms with Gasteiger partial charge in [-0.2, -0.15) is 0 Å². The summed E-state index contributed by atoms with van der Waals surface area (Å²) >= 11 is 0. The van der Waals surface area contributed by atoms with E-state index in [1.807, 2.05) is 0 Å². The largest absolute Gasteiger partial charge is 0.480 e. The van der Waals surface area contributed by atoms with Crippen LogP contribution in [-0.4, -0.2) is 47.8 Å². The Morgan fingerprint density at radius 2 is 2.00 bits per heavy atom. The van der Waals surface area contributed by atoms with Crippen LogP contribution < -0.4 is 0 Å². The van der Waals surface area contributed by atoms with Gasteiger partial charge in [-0.25, -0.2) is 0 Å². The second-order valence-corrected chi connectivity index (χ2v) is 5.87. The Morgan fingerprint density at radius 1 is 1.28 bits per heavy atom. The number of carbonyl (C=O) groups is 1. The van der Waals surface area contributed by atoms with E-state index in [0.29, 0.717) is 6.04 Å². The van der Waals surface area contributed by atoms with E-state index < -0.39 is 5.97 Å². The molecule has 1 unspecified atom stereocenters. The van der Waals surface area contributed by atoms with Crippen LogP contribution in [0.4, 0.5) is 0 Å². The van der Waals surface area contributed by atoms with Gasteiger partial charge < -0.3 is 9.84 Å². The van der Waals surface area contributed by atoms with Crippen LogP contribution in [-0.2, 0) is 9.53 Å². The maximum Gasteiger partial charge on any atom is 0.317 e. The fourth-order valence-corrected chi connectivity index (χ4v) is 3.17. The zero-order valence-electron chi connectivity index (χ0n) is 11.3. The molecule has 0 radical (unpaired) electrons. The van der Waals surface area contributed by atoms with Crippen molar-refractivity contribution in [1.29, 1.82) is 0 Å². The number of carboxylic acids is 1. The summed E-state index contributed by atoms with van der Waals surface area (Å²) in [5.41, 5.74) is 0. The molecule has 0 amide bonds. The average molecular weight is 255 g/mol.